The largest absolute Gasteiger partial charge is 0.497 e. The minimum absolute atomic E-state index is 0.00144. The fourth-order valence-electron chi connectivity index (χ4n) is 2.96. The van der Waals surface area contributed by atoms with Crippen molar-refractivity contribution < 1.29 is 23.1 Å². The lowest BCUT2D eigenvalue weighted by molar-refractivity contribution is 0.0697. The molecule has 0 aromatic heterocycles. The summed E-state index contributed by atoms with van der Waals surface area (Å²) in [6, 6.07) is 19.7. The van der Waals surface area contributed by atoms with Gasteiger partial charge in [0.15, 0.2) is 0 Å². The molecule has 0 spiro atoms. The lowest BCUT2D eigenvalue weighted by Gasteiger charge is -2.26. The second-order valence-electron chi connectivity index (χ2n) is 6.50. The number of aromatic carboxylic acids is 1. The van der Waals surface area contributed by atoms with Crippen molar-refractivity contribution in [1.82, 2.24) is 0 Å². The summed E-state index contributed by atoms with van der Waals surface area (Å²) in [6.45, 7) is 1.76. The molecule has 0 fully saturated rings. The molecule has 7 heteroatoms. The van der Waals surface area contributed by atoms with Crippen molar-refractivity contribution in [1.29, 1.82) is 0 Å². The molecule has 3 rings (SSSR count). The van der Waals surface area contributed by atoms with Crippen LogP contribution in [0.5, 0.6) is 5.75 Å². The third-order valence-electron chi connectivity index (χ3n) is 4.47. The first kappa shape index (κ1) is 20.4. The highest BCUT2D eigenvalue weighted by Gasteiger charge is 2.28. The van der Waals surface area contributed by atoms with Gasteiger partial charge < -0.3 is 9.84 Å². The maximum atomic E-state index is 13.5. The van der Waals surface area contributed by atoms with Gasteiger partial charge in [-0.25, -0.2) is 13.2 Å². The van der Waals surface area contributed by atoms with E-state index in [-0.39, 0.29) is 22.7 Å². The zero-order chi connectivity index (χ0) is 21.0. The molecule has 1 N–H and O–H groups in total. The monoisotopic (exact) mass is 411 g/mol. The number of methoxy groups -OCH3 is 1. The highest BCUT2D eigenvalue weighted by atomic mass is 32.2. The molecule has 3 aromatic carbocycles. The molecule has 6 nitrogen and oxygen atoms in total. The number of carbonyl (C=O) groups is 1. The molecule has 0 bridgehead atoms. The van der Waals surface area contributed by atoms with E-state index >= 15 is 0 Å². The van der Waals surface area contributed by atoms with Crippen molar-refractivity contribution in [2.24, 2.45) is 0 Å². The zero-order valence-electron chi connectivity index (χ0n) is 16.1. The van der Waals surface area contributed by atoms with Gasteiger partial charge in [-0.2, -0.15) is 0 Å². The van der Waals surface area contributed by atoms with E-state index in [0.717, 1.165) is 15.4 Å². The van der Waals surface area contributed by atoms with E-state index in [0.29, 0.717) is 5.75 Å². The van der Waals surface area contributed by atoms with Gasteiger partial charge in [0.05, 0.1) is 29.8 Å². The first-order valence-electron chi connectivity index (χ1n) is 8.87. The Balaban J connectivity index is 2.16. The van der Waals surface area contributed by atoms with Crippen LogP contribution in [0.15, 0.2) is 77.7 Å². The number of anilines is 1. The van der Waals surface area contributed by atoms with Crippen molar-refractivity contribution in [2.45, 2.75) is 18.4 Å². The van der Waals surface area contributed by atoms with Crippen molar-refractivity contribution >= 4 is 21.7 Å². The molecule has 150 valence electrons. The second-order valence-corrected chi connectivity index (χ2v) is 8.36. The average molecular weight is 411 g/mol. The molecular weight excluding hydrogens is 390 g/mol. The molecule has 29 heavy (non-hydrogen) atoms. The van der Waals surface area contributed by atoms with Crippen LogP contribution in [0.25, 0.3) is 0 Å². The summed E-state index contributed by atoms with van der Waals surface area (Å²) in [6.07, 6.45) is 0. The molecule has 0 aliphatic rings. The summed E-state index contributed by atoms with van der Waals surface area (Å²) in [5.74, 6) is -0.660. The van der Waals surface area contributed by atoms with Gasteiger partial charge in [-0.1, -0.05) is 42.0 Å². The Kier molecular flexibility index (Phi) is 5.89. The summed E-state index contributed by atoms with van der Waals surface area (Å²) < 4.78 is 33.2. The molecule has 0 atom stereocenters. The van der Waals surface area contributed by atoms with Gasteiger partial charge in [0.1, 0.15) is 5.75 Å². The number of benzene rings is 3. The molecule has 0 radical (unpaired) electrons. The molecule has 0 aliphatic carbocycles. The summed E-state index contributed by atoms with van der Waals surface area (Å²) >= 11 is 0. The molecule has 0 unspecified atom stereocenters. The van der Waals surface area contributed by atoms with Crippen LogP contribution in [0, 0.1) is 6.92 Å². The Labute approximate surface area is 170 Å². The number of carboxylic acid groups (broad SMARTS) is 1. The SMILES string of the molecule is COc1ccc(S(=O)(=O)N(Cc2ccccc2)c2ccc(C)cc2C(=O)O)cc1. The Morgan fingerprint density at radius 1 is 1.00 bits per heavy atom. The van der Waals surface area contributed by atoms with Crippen LogP contribution < -0.4 is 9.04 Å². The first-order valence-corrected chi connectivity index (χ1v) is 10.3. The number of ether oxygens (including phenoxy) is 1. The minimum atomic E-state index is -4.03. The van der Waals surface area contributed by atoms with Gasteiger partial charge in [0.25, 0.3) is 10.0 Å². The Bertz CT molecular complexity index is 1110. The van der Waals surface area contributed by atoms with Gasteiger partial charge in [0, 0.05) is 0 Å². The Hall–Kier alpha value is -3.32. The third kappa shape index (κ3) is 4.41. The molecule has 0 heterocycles. The second kappa shape index (κ2) is 8.36. The van der Waals surface area contributed by atoms with Crippen LogP contribution in [-0.2, 0) is 16.6 Å². The van der Waals surface area contributed by atoms with Crippen molar-refractivity contribution in [3.05, 3.63) is 89.5 Å². The van der Waals surface area contributed by atoms with E-state index in [1.165, 1.54) is 31.4 Å². The summed E-state index contributed by atoms with van der Waals surface area (Å²) in [5.41, 5.74) is 1.51. The first-order chi connectivity index (χ1) is 13.8. The van der Waals surface area contributed by atoms with Crippen molar-refractivity contribution in [3.63, 3.8) is 0 Å². The topological polar surface area (TPSA) is 83.9 Å². The van der Waals surface area contributed by atoms with Gasteiger partial charge in [-0.05, 0) is 48.9 Å². The molecule has 0 saturated heterocycles. The van der Waals surface area contributed by atoms with Gasteiger partial charge >= 0.3 is 5.97 Å². The maximum absolute atomic E-state index is 13.5. The number of carboxylic acids is 1. The quantitative estimate of drug-likeness (QED) is 0.633. The van der Waals surface area contributed by atoms with Gasteiger partial charge in [-0.3, -0.25) is 4.31 Å². The number of hydrogen-bond acceptors (Lipinski definition) is 4. The molecule has 0 saturated carbocycles. The molecule has 0 amide bonds. The van der Waals surface area contributed by atoms with Gasteiger partial charge in [-0.15, -0.1) is 0 Å². The smallest absolute Gasteiger partial charge is 0.337 e. The van der Waals surface area contributed by atoms with Crippen LogP contribution in [0.1, 0.15) is 21.5 Å². The Morgan fingerprint density at radius 3 is 2.24 bits per heavy atom. The van der Waals surface area contributed by atoms with Crippen molar-refractivity contribution in [3.8, 4) is 5.75 Å². The molecular formula is C22H21NO5S. The van der Waals surface area contributed by atoms with E-state index in [9.17, 15) is 18.3 Å². The van der Waals surface area contributed by atoms with Crippen LogP contribution >= 0.6 is 0 Å². The third-order valence-corrected chi connectivity index (χ3v) is 6.24. The van der Waals surface area contributed by atoms with E-state index < -0.39 is 16.0 Å². The lowest BCUT2D eigenvalue weighted by Crippen LogP contribution is -2.32. The maximum Gasteiger partial charge on any atom is 0.337 e. The highest BCUT2D eigenvalue weighted by Crippen LogP contribution is 2.30. The zero-order valence-corrected chi connectivity index (χ0v) is 16.9. The molecule has 3 aromatic rings. The minimum Gasteiger partial charge on any atom is -0.497 e. The van der Waals surface area contributed by atoms with Crippen LogP contribution in [0.4, 0.5) is 5.69 Å². The predicted molar refractivity (Wildman–Crippen MR) is 111 cm³/mol. The van der Waals surface area contributed by atoms with Crippen molar-refractivity contribution in [2.75, 3.05) is 11.4 Å². The average Bonchev–Trinajstić information content (AvgIpc) is 2.73. The lowest BCUT2D eigenvalue weighted by atomic mass is 10.1. The molecule has 0 aliphatic heterocycles. The van der Waals surface area contributed by atoms with E-state index in [1.54, 1.807) is 49.4 Å². The fourth-order valence-corrected chi connectivity index (χ4v) is 4.43. The summed E-state index contributed by atoms with van der Waals surface area (Å²) in [7, 11) is -2.54. The van der Waals surface area contributed by atoms with Crippen LogP contribution in [0.2, 0.25) is 0 Å². The number of aryl methyl sites for hydroxylation is 1. The number of hydrogen-bond donors (Lipinski definition) is 1. The van der Waals surface area contributed by atoms with E-state index in [1.807, 2.05) is 6.07 Å². The normalized spacial score (nSPS) is 11.1. The fraction of sp³-hybridized carbons (Fsp3) is 0.136. The summed E-state index contributed by atoms with van der Waals surface area (Å²) in [5, 5.41) is 9.67. The van der Waals surface area contributed by atoms with Gasteiger partial charge in [0.2, 0.25) is 0 Å². The number of sulfonamides is 1. The standard InChI is InChI=1S/C22H21NO5S/c1-16-8-13-21(20(14-16)22(24)25)23(15-17-6-4-3-5-7-17)29(26,27)19-11-9-18(28-2)10-12-19/h3-14H,15H2,1-2H3,(H,24,25). The van der Waals surface area contributed by atoms with E-state index in [2.05, 4.69) is 0 Å². The predicted octanol–water partition coefficient (Wildman–Crippen LogP) is 4.10. The summed E-state index contributed by atoms with van der Waals surface area (Å²) in [4.78, 5) is 11.9. The number of nitrogens with zero attached hydrogens (tertiary/aromatic N) is 1. The Morgan fingerprint density at radius 2 is 1.66 bits per heavy atom. The van der Waals surface area contributed by atoms with E-state index in [4.69, 9.17) is 4.74 Å². The highest BCUT2D eigenvalue weighted by molar-refractivity contribution is 7.92. The number of rotatable bonds is 7. The van der Waals surface area contributed by atoms with Crippen LogP contribution in [-0.4, -0.2) is 26.6 Å². The van der Waals surface area contributed by atoms with Crippen LogP contribution in [0.3, 0.4) is 0 Å².